The number of carbonyl (C=O) groups excluding carboxylic acids is 2. The number of benzene rings is 2. The van der Waals surface area contributed by atoms with E-state index in [-0.39, 0.29) is 19.6 Å². The van der Waals surface area contributed by atoms with Gasteiger partial charge in [0, 0.05) is 18.8 Å². The third-order valence-electron chi connectivity index (χ3n) is 5.15. The van der Waals surface area contributed by atoms with E-state index in [1.165, 1.54) is 4.90 Å². The number of hydrogen-bond acceptors (Lipinski definition) is 4. The molecule has 1 aliphatic rings. The van der Waals surface area contributed by atoms with Gasteiger partial charge in [-0.1, -0.05) is 48.5 Å². The molecule has 2 aromatic rings. The summed E-state index contributed by atoms with van der Waals surface area (Å²) in [6.45, 7) is 3.33. The van der Waals surface area contributed by atoms with Gasteiger partial charge in [-0.05, 0) is 31.0 Å². The first-order valence-corrected chi connectivity index (χ1v) is 11.1. The van der Waals surface area contributed by atoms with E-state index in [1.807, 2.05) is 49.4 Å². The van der Waals surface area contributed by atoms with Crippen molar-refractivity contribution in [2.75, 3.05) is 24.2 Å². The minimum absolute atomic E-state index is 0.119. The Morgan fingerprint density at radius 1 is 1.10 bits per heavy atom. The molecule has 7 nitrogen and oxygen atoms in total. The average Bonchev–Trinajstić information content (AvgIpc) is 2.67. The number of nitrogens with one attached hydrogen (secondary N) is 1. The number of aryl methyl sites for hydroxylation is 1. The van der Waals surface area contributed by atoms with E-state index >= 15 is 0 Å². The van der Waals surface area contributed by atoms with Crippen LogP contribution in [0.5, 0.6) is 0 Å². The normalized spacial score (nSPS) is 20.5. The Balaban J connectivity index is 1.98. The predicted molar refractivity (Wildman–Crippen MR) is 112 cm³/mol. The third-order valence-corrected chi connectivity index (χ3v) is 6.35. The van der Waals surface area contributed by atoms with E-state index in [1.54, 1.807) is 19.1 Å². The lowest BCUT2D eigenvalue weighted by atomic mass is 9.93. The van der Waals surface area contributed by atoms with Crippen LogP contribution < -0.4 is 10.2 Å². The van der Waals surface area contributed by atoms with Gasteiger partial charge in [-0.2, -0.15) is 4.31 Å². The van der Waals surface area contributed by atoms with Crippen LogP contribution in [0.25, 0.3) is 0 Å². The highest BCUT2D eigenvalue weighted by Gasteiger charge is 2.50. The zero-order chi connectivity index (χ0) is 21.2. The molecule has 0 spiro atoms. The summed E-state index contributed by atoms with van der Waals surface area (Å²) in [5, 5.41) is 2.87. The van der Waals surface area contributed by atoms with Gasteiger partial charge in [-0.15, -0.1) is 0 Å². The lowest BCUT2D eigenvalue weighted by Crippen LogP contribution is -2.70. The molecule has 0 aromatic heterocycles. The highest BCUT2D eigenvalue weighted by molar-refractivity contribution is 7.88. The van der Waals surface area contributed by atoms with E-state index in [0.717, 1.165) is 21.7 Å². The highest BCUT2D eigenvalue weighted by Crippen LogP contribution is 2.32. The Kier molecular flexibility index (Phi) is 5.77. The first kappa shape index (κ1) is 21.0. The summed E-state index contributed by atoms with van der Waals surface area (Å²) in [5.41, 5.74) is 0.951. The van der Waals surface area contributed by atoms with Crippen LogP contribution in [0.3, 0.4) is 0 Å². The molecule has 2 aromatic carbocycles. The molecule has 1 atom stereocenters. The summed E-state index contributed by atoms with van der Waals surface area (Å²) in [5.74, 6) is -0.848. The van der Waals surface area contributed by atoms with Crippen LogP contribution in [0.4, 0.5) is 5.69 Å². The van der Waals surface area contributed by atoms with Crippen molar-refractivity contribution in [3.8, 4) is 0 Å². The zero-order valence-corrected chi connectivity index (χ0v) is 17.6. The van der Waals surface area contributed by atoms with E-state index in [4.69, 9.17) is 0 Å². The van der Waals surface area contributed by atoms with Crippen LogP contribution in [0.2, 0.25) is 0 Å². The van der Waals surface area contributed by atoms with Gasteiger partial charge in [0.05, 0.1) is 12.8 Å². The standard InChI is InChI=1S/C21H25N3O4S/c1-16-9-7-8-12-18(16)24-19(25)14-23(29(3,27)28)15-21(24,2)20(26)22-13-17-10-5-4-6-11-17/h4-12H,13-15H2,1-3H3,(H,22,26)/t21-/m1/s1. The molecule has 1 saturated heterocycles. The first-order valence-electron chi connectivity index (χ1n) is 9.29. The van der Waals surface area contributed by atoms with Gasteiger partial charge in [0.1, 0.15) is 5.54 Å². The van der Waals surface area contributed by atoms with Crippen molar-refractivity contribution >= 4 is 27.5 Å². The Morgan fingerprint density at radius 2 is 1.72 bits per heavy atom. The fraction of sp³-hybridized carbons (Fsp3) is 0.333. The molecule has 0 unspecified atom stereocenters. The predicted octanol–water partition coefficient (Wildman–Crippen LogP) is 1.68. The molecule has 8 heteroatoms. The molecule has 1 N–H and O–H groups in total. The van der Waals surface area contributed by atoms with Gasteiger partial charge in [0.25, 0.3) is 0 Å². The Labute approximate surface area is 171 Å². The third kappa shape index (κ3) is 4.33. The number of anilines is 1. The Hall–Kier alpha value is -2.71. The van der Waals surface area contributed by atoms with Gasteiger partial charge >= 0.3 is 0 Å². The summed E-state index contributed by atoms with van der Waals surface area (Å²) >= 11 is 0. The maximum absolute atomic E-state index is 13.3. The zero-order valence-electron chi connectivity index (χ0n) is 16.8. The molecule has 0 radical (unpaired) electrons. The molecule has 0 saturated carbocycles. The van der Waals surface area contributed by atoms with Crippen molar-refractivity contribution in [2.45, 2.75) is 25.9 Å². The Morgan fingerprint density at radius 3 is 2.34 bits per heavy atom. The number of nitrogens with zero attached hydrogens (tertiary/aromatic N) is 2. The minimum Gasteiger partial charge on any atom is -0.350 e. The summed E-state index contributed by atoms with van der Waals surface area (Å²) < 4.78 is 25.4. The van der Waals surface area contributed by atoms with Crippen LogP contribution in [-0.2, 0) is 26.2 Å². The minimum atomic E-state index is -3.64. The largest absolute Gasteiger partial charge is 0.350 e. The number of sulfonamides is 1. The molecular weight excluding hydrogens is 390 g/mol. The molecule has 2 amide bonds. The lowest BCUT2D eigenvalue weighted by Gasteiger charge is -2.46. The fourth-order valence-electron chi connectivity index (χ4n) is 3.56. The lowest BCUT2D eigenvalue weighted by molar-refractivity contribution is -0.133. The summed E-state index contributed by atoms with van der Waals surface area (Å²) in [6, 6.07) is 16.7. The summed E-state index contributed by atoms with van der Waals surface area (Å²) in [4.78, 5) is 27.8. The molecular formula is C21H25N3O4S. The molecule has 0 aliphatic carbocycles. The molecule has 1 fully saturated rings. The smallest absolute Gasteiger partial charge is 0.247 e. The fourth-order valence-corrected chi connectivity index (χ4v) is 4.39. The van der Waals surface area contributed by atoms with Gasteiger partial charge in [-0.25, -0.2) is 8.42 Å². The number of piperazine rings is 1. The summed E-state index contributed by atoms with van der Waals surface area (Å²) in [6.07, 6.45) is 1.05. The monoisotopic (exact) mass is 415 g/mol. The second kappa shape index (κ2) is 7.96. The summed E-state index contributed by atoms with van der Waals surface area (Å²) in [7, 11) is -3.64. The molecule has 29 heavy (non-hydrogen) atoms. The van der Waals surface area contributed by atoms with Crippen LogP contribution in [-0.4, -0.2) is 49.4 Å². The maximum Gasteiger partial charge on any atom is 0.247 e. The number of amides is 2. The molecule has 1 aliphatic heterocycles. The topological polar surface area (TPSA) is 86.8 Å². The van der Waals surface area contributed by atoms with E-state index in [2.05, 4.69) is 5.32 Å². The van der Waals surface area contributed by atoms with E-state index in [0.29, 0.717) is 5.69 Å². The van der Waals surface area contributed by atoms with Crippen LogP contribution in [0.1, 0.15) is 18.1 Å². The SMILES string of the molecule is Cc1ccccc1N1C(=O)CN(S(C)(=O)=O)C[C@]1(C)C(=O)NCc1ccccc1. The van der Waals surface area contributed by atoms with E-state index < -0.39 is 27.4 Å². The van der Waals surface area contributed by atoms with Crippen molar-refractivity contribution < 1.29 is 18.0 Å². The maximum atomic E-state index is 13.3. The second-order valence-electron chi connectivity index (χ2n) is 7.49. The first-order chi connectivity index (χ1) is 13.6. The van der Waals surface area contributed by atoms with Gasteiger partial charge in [-0.3, -0.25) is 14.5 Å². The van der Waals surface area contributed by atoms with Gasteiger partial charge in [0.2, 0.25) is 21.8 Å². The van der Waals surface area contributed by atoms with Crippen molar-refractivity contribution in [3.63, 3.8) is 0 Å². The number of para-hydroxylation sites is 1. The van der Waals surface area contributed by atoms with Crippen molar-refractivity contribution in [1.29, 1.82) is 0 Å². The average molecular weight is 416 g/mol. The van der Waals surface area contributed by atoms with Gasteiger partial charge in [0.15, 0.2) is 0 Å². The van der Waals surface area contributed by atoms with Crippen LogP contribution in [0, 0.1) is 6.92 Å². The van der Waals surface area contributed by atoms with E-state index in [9.17, 15) is 18.0 Å². The highest BCUT2D eigenvalue weighted by atomic mass is 32.2. The van der Waals surface area contributed by atoms with Crippen molar-refractivity contribution in [2.24, 2.45) is 0 Å². The molecule has 0 bridgehead atoms. The number of hydrogen-bond donors (Lipinski definition) is 1. The quantitative estimate of drug-likeness (QED) is 0.805. The number of carbonyl (C=O) groups is 2. The molecule has 1 heterocycles. The van der Waals surface area contributed by atoms with Crippen LogP contribution in [0.15, 0.2) is 54.6 Å². The second-order valence-corrected chi connectivity index (χ2v) is 9.47. The number of rotatable bonds is 5. The van der Waals surface area contributed by atoms with Crippen molar-refractivity contribution in [1.82, 2.24) is 9.62 Å². The van der Waals surface area contributed by atoms with Crippen molar-refractivity contribution in [3.05, 3.63) is 65.7 Å². The van der Waals surface area contributed by atoms with Crippen LogP contribution >= 0.6 is 0 Å². The Bertz CT molecular complexity index is 1020. The molecule has 3 rings (SSSR count). The molecule has 154 valence electrons. The van der Waals surface area contributed by atoms with Gasteiger partial charge < -0.3 is 5.32 Å².